The fourth-order valence-corrected chi connectivity index (χ4v) is 4.99. The molecule has 1 aromatic heterocycles. The lowest BCUT2D eigenvalue weighted by Gasteiger charge is -2.26. The first-order valence-corrected chi connectivity index (χ1v) is 11.9. The molecule has 6 heteroatoms. The molecule has 5 nitrogen and oxygen atoms in total. The number of aryl methyl sites for hydroxylation is 1. The van der Waals surface area contributed by atoms with Gasteiger partial charge in [0.25, 0.3) is 0 Å². The number of para-hydroxylation sites is 1. The van der Waals surface area contributed by atoms with Gasteiger partial charge in [-0.15, -0.1) is 11.3 Å². The number of anilines is 1. The quantitative estimate of drug-likeness (QED) is 0.478. The average Bonchev–Trinajstić information content (AvgIpc) is 3.42. The third-order valence-corrected chi connectivity index (χ3v) is 6.84. The smallest absolute Gasteiger partial charge is 0.222 e. The van der Waals surface area contributed by atoms with Crippen molar-refractivity contribution in [3.8, 4) is 0 Å². The largest absolute Gasteiger partial charge is 0.378 e. The molecule has 0 spiro atoms. The van der Waals surface area contributed by atoms with E-state index < -0.39 is 0 Å². The second kappa shape index (κ2) is 10.2. The normalized spacial score (nSPS) is 16.0. The molecule has 1 saturated heterocycles. The van der Waals surface area contributed by atoms with E-state index in [9.17, 15) is 4.79 Å². The van der Waals surface area contributed by atoms with Crippen LogP contribution in [0.3, 0.4) is 0 Å². The van der Waals surface area contributed by atoms with Crippen molar-refractivity contribution in [2.24, 2.45) is 0 Å². The monoisotopic (exact) mass is 437 g/mol. The average molecular weight is 438 g/mol. The predicted molar refractivity (Wildman–Crippen MR) is 128 cm³/mol. The molecule has 0 saturated carbocycles. The summed E-state index contributed by atoms with van der Waals surface area (Å²) >= 11 is 1.73. The Morgan fingerprint density at radius 1 is 1.16 bits per heavy atom. The Morgan fingerprint density at radius 3 is 2.68 bits per heavy atom. The third-order valence-electron chi connectivity index (χ3n) is 5.75. The first kappa shape index (κ1) is 21.8. The van der Waals surface area contributed by atoms with Gasteiger partial charge in [-0.1, -0.05) is 24.3 Å². The number of thiazole rings is 1. The van der Waals surface area contributed by atoms with Crippen molar-refractivity contribution in [3.05, 3.63) is 59.1 Å². The molecule has 2 heterocycles. The van der Waals surface area contributed by atoms with E-state index in [0.29, 0.717) is 19.5 Å². The molecule has 1 unspecified atom stereocenters. The Labute approximate surface area is 188 Å². The van der Waals surface area contributed by atoms with Gasteiger partial charge >= 0.3 is 0 Å². The van der Waals surface area contributed by atoms with Crippen LogP contribution in [0.25, 0.3) is 10.2 Å². The molecule has 31 heavy (non-hydrogen) atoms. The number of hydrogen-bond donors (Lipinski definition) is 0. The SMILES string of the molecule is CN(C)c1ccc(CN(CC2CCCO2)C(=O)CCCc2nc3ccccc3s2)cc1. The Balaban J connectivity index is 1.36. The zero-order chi connectivity index (χ0) is 21.6. The lowest BCUT2D eigenvalue weighted by atomic mass is 10.1. The minimum Gasteiger partial charge on any atom is -0.378 e. The highest BCUT2D eigenvalue weighted by Crippen LogP contribution is 2.23. The zero-order valence-electron chi connectivity index (χ0n) is 18.4. The van der Waals surface area contributed by atoms with E-state index in [-0.39, 0.29) is 12.0 Å². The number of rotatable bonds is 9. The van der Waals surface area contributed by atoms with Gasteiger partial charge in [-0.3, -0.25) is 4.79 Å². The molecule has 0 bridgehead atoms. The molecule has 164 valence electrons. The van der Waals surface area contributed by atoms with E-state index in [4.69, 9.17) is 9.72 Å². The highest BCUT2D eigenvalue weighted by atomic mass is 32.1. The number of benzene rings is 2. The maximum atomic E-state index is 13.1. The number of ether oxygens (including phenoxy) is 1. The van der Waals surface area contributed by atoms with E-state index in [1.807, 2.05) is 37.2 Å². The fourth-order valence-electron chi connectivity index (χ4n) is 3.98. The molecular formula is C25H31N3O2S. The Bertz CT molecular complexity index is 960. The first-order valence-electron chi connectivity index (χ1n) is 11.1. The Kier molecular flexibility index (Phi) is 7.20. The summed E-state index contributed by atoms with van der Waals surface area (Å²) < 4.78 is 7.03. The van der Waals surface area contributed by atoms with Crippen molar-refractivity contribution in [2.75, 3.05) is 32.1 Å². The third kappa shape index (κ3) is 5.83. The van der Waals surface area contributed by atoms with Gasteiger partial charge in [0.15, 0.2) is 0 Å². The fraction of sp³-hybridized carbons (Fsp3) is 0.440. The predicted octanol–water partition coefficient (Wildman–Crippen LogP) is 4.89. The van der Waals surface area contributed by atoms with Crippen molar-refractivity contribution >= 4 is 33.1 Å². The van der Waals surface area contributed by atoms with E-state index >= 15 is 0 Å². The summed E-state index contributed by atoms with van der Waals surface area (Å²) in [5.41, 5.74) is 3.37. The molecule has 1 aliphatic heterocycles. The number of amides is 1. The first-order chi connectivity index (χ1) is 15.1. The molecule has 1 fully saturated rings. The number of carbonyl (C=O) groups is 1. The molecule has 0 radical (unpaired) electrons. The van der Waals surface area contributed by atoms with Gasteiger partial charge in [0.05, 0.1) is 21.3 Å². The van der Waals surface area contributed by atoms with Crippen molar-refractivity contribution in [3.63, 3.8) is 0 Å². The summed E-state index contributed by atoms with van der Waals surface area (Å²) in [6.07, 6.45) is 4.49. The number of hydrogen-bond acceptors (Lipinski definition) is 5. The van der Waals surface area contributed by atoms with Crippen LogP contribution in [0, 0.1) is 0 Å². The minimum atomic E-state index is 0.161. The van der Waals surface area contributed by atoms with Crippen LogP contribution in [0.4, 0.5) is 5.69 Å². The maximum Gasteiger partial charge on any atom is 0.222 e. The maximum absolute atomic E-state index is 13.1. The van der Waals surface area contributed by atoms with Crippen LogP contribution in [0.5, 0.6) is 0 Å². The molecule has 1 amide bonds. The molecule has 0 aliphatic carbocycles. The van der Waals surface area contributed by atoms with Crippen molar-refractivity contribution in [2.45, 2.75) is 44.8 Å². The summed E-state index contributed by atoms with van der Waals surface area (Å²) in [6, 6.07) is 16.7. The molecule has 4 rings (SSSR count). The van der Waals surface area contributed by atoms with Crippen LogP contribution in [0.15, 0.2) is 48.5 Å². The second-order valence-electron chi connectivity index (χ2n) is 8.40. The summed E-state index contributed by atoms with van der Waals surface area (Å²) in [6.45, 7) is 2.12. The number of fused-ring (bicyclic) bond motifs is 1. The summed E-state index contributed by atoms with van der Waals surface area (Å²) in [5.74, 6) is 0.202. The number of aromatic nitrogens is 1. The lowest BCUT2D eigenvalue weighted by Crippen LogP contribution is -2.36. The molecule has 1 aliphatic rings. The molecule has 2 aromatic carbocycles. The summed E-state index contributed by atoms with van der Waals surface area (Å²) in [4.78, 5) is 21.9. The van der Waals surface area contributed by atoms with Gasteiger partial charge < -0.3 is 14.5 Å². The van der Waals surface area contributed by atoms with E-state index in [1.165, 1.54) is 4.70 Å². The minimum absolute atomic E-state index is 0.161. The van der Waals surface area contributed by atoms with Crippen LogP contribution in [-0.4, -0.2) is 49.1 Å². The summed E-state index contributed by atoms with van der Waals surface area (Å²) in [5, 5.41) is 1.11. The van der Waals surface area contributed by atoms with Crippen molar-refractivity contribution in [1.29, 1.82) is 0 Å². The van der Waals surface area contributed by atoms with E-state index in [1.54, 1.807) is 11.3 Å². The van der Waals surface area contributed by atoms with Crippen LogP contribution >= 0.6 is 11.3 Å². The topological polar surface area (TPSA) is 45.7 Å². The van der Waals surface area contributed by atoms with Gasteiger partial charge in [0.1, 0.15) is 0 Å². The Morgan fingerprint density at radius 2 is 1.97 bits per heavy atom. The van der Waals surface area contributed by atoms with Crippen molar-refractivity contribution in [1.82, 2.24) is 9.88 Å². The summed E-state index contributed by atoms with van der Waals surface area (Å²) in [7, 11) is 4.07. The van der Waals surface area contributed by atoms with Crippen molar-refractivity contribution < 1.29 is 9.53 Å². The number of carbonyl (C=O) groups excluding carboxylic acids is 1. The van der Waals surface area contributed by atoms with Crippen LogP contribution in [0.1, 0.15) is 36.3 Å². The van der Waals surface area contributed by atoms with Crippen LogP contribution in [0.2, 0.25) is 0 Å². The molecule has 0 N–H and O–H groups in total. The highest BCUT2D eigenvalue weighted by molar-refractivity contribution is 7.18. The van der Waals surface area contributed by atoms with Gasteiger partial charge in [-0.2, -0.15) is 0 Å². The van der Waals surface area contributed by atoms with E-state index in [2.05, 4.69) is 35.2 Å². The van der Waals surface area contributed by atoms with Crippen LogP contribution in [-0.2, 0) is 22.5 Å². The van der Waals surface area contributed by atoms with Crippen LogP contribution < -0.4 is 4.90 Å². The molecule has 3 aromatic rings. The van der Waals surface area contributed by atoms with Gasteiger partial charge in [-0.05, 0) is 55.5 Å². The zero-order valence-corrected chi connectivity index (χ0v) is 19.2. The molecule has 1 atom stereocenters. The molecular weight excluding hydrogens is 406 g/mol. The number of nitrogens with zero attached hydrogens (tertiary/aromatic N) is 3. The standard InChI is InChI=1S/C25H31N3O2S/c1-27(2)20-14-12-19(13-15-20)17-28(18-21-7-6-16-30-21)25(29)11-5-10-24-26-22-8-3-4-9-23(22)31-24/h3-4,8-9,12-15,21H,5-7,10-11,16-18H2,1-2H3. The second-order valence-corrected chi connectivity index (χ2v) is 9.51. The highest BCUT2D eigenvalue weighted by Gasteiger charge is 2.22. The lowest BCUT2D eigenvalue weighted by molar-refractivity contribution is -0.133. The Hall–Kier alpha value is -2.44. The van der Waals surface area contributed by atoms with Gasteiger partial charge in [0.2, 0.25) is 5.91 Å². The van der Waals surface area contributed by atoms with Gasteiger partial charge in [0, 0.05) is 45.9 Å². The van der Waals surface area contributed by atoms with E-state index in [0.717, 1.165) is 54.1 Å². The van der Waals surface area contributed by atoms with Gasteiger partial charge in [-0.25, -0.2) is 4.98 Å².